The Labute approximate surface area is 100 Å². The zero-order valence-electron chi connectivity index (χ0n) is 9.84. The molecule has 0 fully saturated rings. The van der Waals surface area contributed by atoms with Crippen LogP contribution in [0.4, 0.5) is 0 Å². The normalized spacial score (nSPS) is 13.1. The summed E-state index contributed by atoms with van der Waals surface area (Å²) in [6.07, 6.45) is 0.406. The Kier molecular flexibility index (Phi) is 4.25. The number of benzene rings is 1. The van der Waals surface area contributed by atoms with Crippen LogP contribution in [0.15, 0.2) is 24.3 Å². The molecule has 1 aromatic carbocycles. The smallest absolute Gasteiger partial charge is 0.337 e. The second-order valence-electron chi connectivity index (χ2n) is 3.56. The summed E-state index contributed by atoms with van der Waals surface area (Å²) in [5.74, 6) is -0.437. The molecule has 0 amide bonds. The van der Waals surface area contributed by atoms with Crippen molar-refractivity contribution in [2.45, 2.75) is 13.0 Å². The fourth-order valence-corrected chi connectivity index (χ4v) is 1.96. The summed E-state index contributed by atoms with van der Waals surface area (Å²) in [4.78, 5) is 11.2. The van der Waals surface area contributed by atoms with Gasteiger partial charge in [0.05, 0.1) is 25.0 Å². The number of carbonyl (C=O) groups is 1. The van der Waals surface area contributed by atoms with Crippen molar-refractivity contribution in [3.05, 3.63) is 35.4 Å². The maximum Gasteiger partial charge on any atom is 0.337 e. The lowest BCUT2D eigenvalue weighted by Crippen LogP contribution is -2.08. The predicted octanol–water partition coefficient (Wildman–Crippen LogP) is 1.51. The van der Waals surface area contributed by atoms with E-state index in [4.69, 9.17) is 4.18 Å². The maximum absolute atomic E-state index is 11.2. The molecule has 0 aliphatic rings. The van der Waals surface area contributed by atoms with Crippen molar-refractivity contribution in [2.24, 2.45) is 0 Å². The Hall–Kier alpha value is -1.40. The van der Waals surface area contributed by atoms with Gasteiger partial charge in [0.2, 0.25) is 0 Å². The highest BCUT2D eigenvalue weighted by molar-refractivity contribution is 7.86. The van der Waals surface area contributed by atoms with Gasteiger partial charge in [-0.05, 0) is 24.6 Å². The molecule has 0 saturated carbocycles. The molecule has 0 spiro atoms. The summed E-state index contributed by atoms with van der Waals surface area (Å²) in [6.45, 7) is 1.62. The molecule has 0 saturated heterocycles. The molecule has 0 heterocycles. The molecule has 0 aliphatic heterocycles. The van der Waals surface area contributed by atoms with Gasteiger partial charge in [-0.15, -0.1) is 0 Å². The van der Waals surface area contributed by atoms with Crippen LogP contribution in [0, 0.1) is 0 Å². The third-order valence-corrected chi connectivity index (χ3v) is 2.76. The summed E-state index contributed by atoms with van der Waals surface area (Å²) in [5, 5.41) is 0. The van der Waals surface area contributed by atoms with E-state index in [2.05, 4.69) is 4.74 Å². The van der Waals surface area contributed by atoms with E-state index in [0.29, 0.717) is 11.1 Å². The van der Waals surface area contributed by atoms with Crippen molar-refractivity contribution in [2.75, 3.05) is 13.4 Å². The standard InChI is InChI=1S/C11H14O5S/c1-8(16-17(3,13)14)9-4-6-10(7-5-9)11(12)15-2/h4-8H,1-3H3/t8-/m1/s1. The van der Waals surface area contributed by atoms with Crippen molar-refractivity contribution in [1.82, 2.24) is 0 Å². The fraction of sp³-hybridized carbons (Fsp3) is 0.364. The number of carbonyl (C=O) groups excluding carboxylic acids is 1. The van der Waals surface area contributed by atoms with Gasteiger partial charge in [-0.3, -0.25) is 4.18 Å². The van der Waals surface area contributed by atoms with Crippen LogP contribution in [0.5, 0.6) is 0 Å². The number of methoxy groups -OCH3 is 1. The Morgan fingerprint density at radius 1 is 1.24 bits per heavy atom. The van der Waals surface area contributed by atoms with Crippen LogP contribution in [0.1, 0.15) is 28.9 Å². The van der Waals surface area contributed by atoms with Crippen LogP contribution >= 0.6 is 0 Å². The highest BCUT2D eigenvalue weighted by Crippen LogP contribution is 2.19. The van der Waals surface area contributed by atoms with E-state index in [0.717, 1.165) is 6.26 Å². The molecular formula is C11H14O5S. The summed E-state index contributed by atoms with van der Waals surface area (Å²) in [6, 6.07) is 6.37. The largest absolute Gasteiger partial charge is 0.465 e. The second kappa shape index (κ2) is 5.29. The zero-order valence-corrected chi connectivity index (χ0v) is 10.7. The minimum Gasteiger partial charge on any atom is -0.465 e. The number of rotatable bonds is 4. The lowest BCUT2D eigenvalue weighted by atomic mass is 10.1. The van der Waals surface area contributed by atoms with E-state index in [9.17, 15) is 13.2 Å². The summed E-state index contributed by atoms with van der Waals surface area (Å²) in [5.41, 5.74) is 1.07. The molecule has 0 aromatic heterocycles. The highest BCUT2D eigenvalue weighted by atomic mass is 32.2. The first-order valence-electron chi connectivity index (χ1n) is 4.90. The topological polar surface area (TPSA) is 69.7 Å². The number of esters is 1. The van der Waals surface area contributed by atoms with Gasteiger partial charge in [0, 0.05) is 0 Å². The molecule has 0 radical (unpaired) electrons. The fourth-order valence-electron chi connectivity index (χ4n) is 1.33. The summed E-state index contributed by atoms with van der Waals surface area (Å²) < 4.78 is 31.2. The molecule has 1 aromatic rings. The molecule has 0 unspecified atom stereocenters. The van der Waals surface area contributed by atoms with Crippen LogP contribution in [-0.4, -0.2) is 27.8 Å². The average Bonchev–Trinajstić information content (AvgIpc) is 2.26. The third kappa shape index (κ3) is 4.16. The Morgan fingerprint density at radius 2 is 1.76 bits per heavy atom. The quantitative estimate of drug-likeness (QED) is 0.604. The Bertz CT molecular complexity index is 489. The van der Waals surface area contributed by atoms with E-state index in [1.54, 1.807) is 31.2 Å². The van der Waals surface area contributed by atoms with Crippen LogP contribution in [0.2, 0.25) is 0 Å². The summed E-state index contributed by atoms with van der Waals surface area (Å²) >= 11 is 0. The van der Waals surface area contributed by atoms with Crippen molar-refractivity contribution in [1.29, 1.82) is 0 Å². The van der Waals surface area contributed by atoms with Crippen LogP contribution in [0.3, 0.4) is 0 Å². The molecule has 6 heteroatoms. The SMILES string of the molecule is COC(=O)c1ccc([C@@H](C)OS(C)(=O)=O)cc1. The van der Waals surface area contributed by atoms with E-state index in [1.807, 2.05) is 0 Å². The molecule has 0 bridgehead atoms. The molecule has 94 valence electrons. The lowest BCUT2D eigenvalue weighted by molar-refractivity contribution is 0.0600. The van der Waals surface area contributed by atoms with Crippen LogP contribution in [-0.2, 0) is 19.0 Å². The van der Waals surface area contributed by atoms with Gasteiger partial charge in [0.1, 0.15) is 0 Å². The van der Waals surface area contributed by atoms with Gasteiger partial charge in [-0.2, -0.15) is 8.42 Å². The average molecular weight is 258 g/mol. The monoisotopic (exact) mass is 258 g/mol. The van der Waals surface area contributed by atoms with Crippen LogP contribution in [0.25, 0.3) is 0 Å². The van der Waals surface area contributed by atoms with Crippen LogP contribution < -0.4 is 0 Å². The molecule has 5 nitrogen and oxygen atoms in total. The van der Waals surface area contributed by atoms with Gasteiger partial charge in [-0.1, -0.05) is 12.1 Å². The minimum absolute atomic E-state index is 0.405. The minimum atomic E-state index is -3.49. The van der Waals surface area contributed by atoms with E-state index < -0.39 is 22.2 Å². The maximum atomic E-state index is 11.2. The van der Waals surface area contributed by atoms with Crippen molar-refractivity contribution in [3.63, 3.8) is 0 Å². The van der Waals surface area contributed by atoms with Gasteiger partial charge < -0.3 is 4.74 Å². The van der Waals surface area contributed by atoms with Gasteiger partial charge in [0.25, 0.3) is 10.1 Å². The van der Waals surface area contributed by atoms with E-state index >= 15 is 0 Å². The molecule has 17 heavy (non-hydrogen) atoms. The van der Waals surface area contributed by atoms with Gasteiger partial charge >= 0.3 is 5.97 Å². The van der Waals surface area contributed by atoms with Gasteiger partial charge in [0.15, 0.2) is 0 Å². The van der Waals surface area contributed by atoms with Crippen molar-refractivity contribution in [3.8, 4) is 0 Å². The predicted molar refractivity (Wildman–Crippen MR) is 62.1 cm³/mol. The van der Waals surface area contributed by atoms with E-state index in [1.165, 1.54) is 7.11 Å². The molecular weight excluding hydrogens is 244 g/mol. The first-order valence-corrected chi connectivity index (χ1v) is 6.71. The number of hydrogen-bond donors (Lipinski definition) is 0. The van der Waals surface area contributed by atoms with Crippen molar-refractivity contribution >= 4 is 16.1 Å². The Balaban J connectivity index is 2.84. The van der Waals surface area contributed by atoms with E-state index in [-0.39, 0.29) is 0 Å². The molecule has 0 N–H and O–H groups in total. The molecule has 0 aliphatic carbocycles. The lowest BCUT2D eigenvalue weighted by Gasteiger charge is -2.11. The number of ether oxygens (including phenoxy) is 1. The number of hydrogen-bond acceptors (Lipinski definition) is 5. The van der Waals surface area contributed by atoms with Gasteiger partial charge in [-0.25, -0.2) is 4.79 Å². The first kappa shape index (κ1) is 13.7. The second-order valence-corrected chi connectivity index (χ2v) is 5.16. The molecule has 1 atom stereocenters. The Morgan fingerprint density at radius 3 is 2.18 bits per heavy atom. The zero-order chi connectivity index (χ0) is 13.1. The summed E-state index contributed by atoms with van der Waals surface area (Å²) in [7, 11) is -2.20. The first-order chi connectivity index (χ1) is 7.83. The highest BCUT2D eigenvalue weighted by Gasteiger charge is 2.13. The molecule has 1 rings (SSSR count). The third-order valence-electron chi connectivity index (χ3n) is 2.12. The van der Waals surface area contributed by atoms with Crippen molar-refractivity contribution < 1.29 is 22.1 Å².